The number of likely N-dealkylation sites (tertiary alicyclic amines) is 1. The Labute approximate surface area is 265 Å². The van der Waals surface area contributed by atoms with E-state index in [-0.39, 0.29) is 55.5 Å². The number of piperidine rings is 1. The molecule has 0 saturated carbocycles. The van der Waals surface area contributed by atoms with Gasteiger partial charge in [0, 0.05) is 25.9 Å². The van der Waals surface area contributed by atoms with Crippen LogP contribution in [0.5, 0.6) is 0 Å². The number of rotatable bonds is 9. The van der Waals surface area contributed by atoms with E-state index in [0.717, 1.165) is 54.0 Å². The second-order valence-corrected chi connectivity index (χ2v) is 13.0. The molecule has 0 spiro atoms. The lowest BCUT2D eigenvalue weighted by molar-refractivity contribution is -0.144. The van der Waals surface area contributed by atoms with E-state index in [2.05, 4.69) is 20.9 Å². The Hall–Kier alpha value is -2.24. The quantitative estimate of drug-likeness (QED) is 0.330. The van der Waals surface area contributed by atoms with Crippen molar-refractivity contribution in [1.82, 2.24) is 25.8 Å². The van der Waals surface area contributed by atoms with Gasteiger partial charge < -0.3 is 26.0 Å². The van der Waals surface area contributed by atoms with Gasteiger partial charge in [-0.25, -0.2) is 4.98 Å². The third-order valence-corrected chi connectivity index (χ3v) is 8.93. The molecule has 0 aliphatic carbocycles. The van der Waals surface area contributed by atoms with Crippen LogP contribution in [0.15, 0.2) is 29.8 Å². The smallest absolute Gasteiger partial charge is 0.246 e. The number of aliphatic hydroxyl groups is 1. The number of halogens is 2. The highest BCUT2D eigenvalue weighted by atomic mass is 35.5. The summed E-state index contributed by atoms with van der Waals surface area (Å²) in [6, 6.07) is 6.37. The monoisotopic (exact) mass is 641 g/mol. The summed E-state index contributed by atoms with van der Waals surface area (Å²) < 4.78 is 0. The standard InChI is InChI=1S/C30H43N5O4S.2ClH/c1-19-26(40-18-33-19)22-8-5-21(6-9-22)16-32-28(38)24-15-23(36)17-35(24)29(39)27(30(2,3)4)34-25(37)10-7-20-11-13-31-14-12-20;;/h5-6,8-9,18,20,23-24,27,31,36H,7,10-17H2,1-4H3,(H,32,38)(H,34,37);2*1H/t23-,24+,27-;;/m1../s1. The number of aromatic nitrogens is 1. The Morgan fingerprint density at radius 3 is 2.40 bits per heavy atom. The highest BCUT2D eigenvalue weighted by Gasteiger charge is 2.44. The van der Waals surface area contributed by atoms with Crippen LogP contribution in [0.2, 0.25) is 0 Å². The number of β-amino-alcohol motifs (C(OH)–C–C–N with tert-alkyl or cyclic N) is 1. The predicted molar refractivity (Wildman–Crippen MR) is 171 cm³/mol. The maximum atomic E-state index is 13.8. The summed E-state index contributed by atoms with van der Waals surface area (Å²) in [7, 11) is 0. The van der Waals surface area contributed by atoms with Crippen LogP contribution in [0.1, 0.15) is 64.1 Å². The van der Waals surface area contributed by atoms with E-state index in [4.69, 9.17) is 0 Å². The van der Waals surface area contributed by atoms with Gasteiger partial charge >= 0.3 is 0 Å². The molecular weight excluding hydrogens is 597 g/mol. The zero-order valence-electron chi connectivity index (χ0n) is 24.9. The molecule has 234 valence electrons. The number of carbonyl (C=O) groups excluding carboxylic acids is 3. The molecule has 2 aliphatic rings. The third kappa shape index (κ3) is 9.38. The van der Waals surface area contributed by atoms with Crippen LogP contribution >= 0.6 is 36.2 Å². The summed E-state index contributed by atoms with van der Waals surface area (Å²) in [5.41, 5.74) is 4.27. The van der Waals surface area contributed by atoms with E-state index in [1.165, 1.54) is 4.90 Å². The van der Waals surface area contributed by atoms with Crippen molar-refractivity contribution in [2.45, 2.75) is 84.5 Å². The molecule has 2 aromatic rings. The number of hydrogen-bond donors (Lipinski definition) is 4. The normalized spacial score (nSPS) is 19.8. The minimum absolute atomic E-state index is 0. The second-order valence-electron chi connectivity index (χ2n) is 12.2. The number of hydrogen-bond acceptors (Lipinski definition) is 7. The summed E-state index contributed by atoms with van der Waals surface area (Å²) in [6.07, 6.45) is 2.68. The number of aryl methyl sites for hydroxylation is 1. The van der Waals surface area contributed by atoms with Gasteiger partial charge in [0.25, 0.3) is 0 Å². The Bertz CT molecular complexity index is 1180. The van der Waals surface area contributed by atoms with Crippen LogP contribution in [-0.2, 0) is 20.9 Å². The molecule has 9 nitrogen and oxygen atoms in total. The van der Waals surface area contributed by atoms with Crippen LogP contribution in [0.25, 0.3) is 10.4 Å². The predicted octanol–water partition coefficient (Wildman–Crippen LogP) is 3.85. The second kappa shape index (κ2) is 16.0. The number of nitrogens with zero attached hydrogens (tertiary/aromatic N) is 2. The van der Waals surface area contributed by atoms with E-state index < -0.39 is 23.6 Å². The molecule has 2 saturated heterocycles. The van der Waals surface area contributed by atoms with Gasteiger partial charge in [0.1, 0.15) is 12.1 Å². The average molecular weight is 643 g/mol. The molecule has 2 aliphatic heterocycles. The Morgan fingerprint density at radius 1 is 1.14 bits per heavy atom. The molecule has 1 aromatic carbocycles. The summed E-state index contributed by atoms with van der Waals surface area (Å²) in [4.78, 5) is 46.7. The van der Waals surface area contributed by atoms with Crippen molar-refractivity contribution in [3.63, 3.8) is 0 Å². The van der Waals surface area contributed by atoms with Crippen LogP contribution in [0.3, 0.4) is 0 Å². The molecule has 3 atom stereocenters. The van der Waals surface area contributed by atoms with Gasteiger partial charge in [0.05, 0.1) is 22.2 Å². The lowest BCUT2D eigenvalue weighted by Crippen LogP contribution is -2.57. The molecular formula is C30H45Cl2N5O4S. The molecule has 12 heteroatoms. The fourth-order valence-electron chi connectivity index (χ4n) is 5.52. The zero-order valence-corrected chi connectivity index (χ0v) is 27.3. The maximum Gasteiger partial charge on any atom is 0.246 e. The van der Waals surface area contributed by atoms with Crippen molar-refractivity contribution >= 4 is 53.9 Å². The Morgan fingerprint density at radius 2 is 1.81 bits per heavy atom. The van der Waals surface area contributed by atoms with E-state index in [9.17, 15) is 19.5 Å². The fraction of sp³-hybridized carbons (Fsp3) is 0.600. The molecule has 42 heavy (non-hydrogen) atoms. The molecule has 0 unspecified atom stereocenters. The van der Waals surface area contributed by atoms with Crippen molar-refractivity contribution < 1.29 is 19.5 Å². The summed E-state index contributed by atoms with van der Waals surface area (Å²) in [5.74, 6) is -0.268. The van der Waals surface area contributed by atoms with Gasteiger partial charge in [-0.05, 0) is 61.7 Å². The first-order chi connectivity index (χ1) is 19.0. The lowest BCUT2D eigenvalue weighted by atomic mass is 9.85. The van der Waals surface area contributed by atoms with Crippen molar-refractivity contribution in [2.24, 2.45) is 11.3 Å². The number of nitrogens with one attached hydrogen (secondary N) is 3. The first-order valence-corrected chi connectivity index (χ1v) is 15.2. The van der Waals surface area contributed by atoms with Crippen molar-refractivity contribution in [1.29, 1.82) is 0 Å². The third-order valence-electron chi connectivity index (χ3n) is 7.95. The summed E-state index contributed by atoms with van der Waals surface area (Å²) in [6.45, 7) is 10.0. The van der Waals surface area contributed by atoms with Gasteiger partial charge in [-0.15, -0.1) is 36.2 Å². The maximum absolute atomic E-state index is 13.8. The van der Waals surface area contributed by atoms with Crippen molar-refractivity contribution in [3.05, 3.63) is 41.0 Å². The van der Waals surface area contributed by atoms with Gasteiger partial charge in [-0.1, -0.05) is 45.0 Å². The van der Waals surface area contributed by atoms with Crippen molar-refractivity contribution in [3.8, 4) is 10.4 Å². The SMILES string of the molecule is Cc1ncsc1-c1ccc(CNC(=O)[C@@H]2C[C@@H](O)CN2C(=O)[C@@H](NC(=O)CCC2CCNCC2)C(C)(C)C)cc1.Cl.Cl. The number of aliphatic hydroxyl groups excluding tert-OH is 1. The van der Waals surface area contributed by atoms with Gasteiger partial charge in [-0.3, -0.25) is 14.4 Å². The molecule has 3 amide bonds. The first kappa shape index (κ1) is 36.0. The van der Waals surface area contributed by atoms with Gasteiger partial charge in [0.2, 0.25) is 17.7 Å². The Kier molecular flexibility index (Phi) is 13.7. The highest BCUT2D eigenvalue weighted by molar-refractivity contribution is 7.13. The Balaban J connectivity index is 0.00000308. The van der Waals surface area contributed by atoms with E-state index in [1.54, 1.807) is 11.3 Å². The van der Waals surface area contributed by atoms with Crippen LogP contribution in [0.4, 0.5) is 0 Å². The van der Waals surface area contributed by atoms with Crippen LogP contribution < -0.4 is 16.0 Å². The fourth-order valence-corrected chi connectivity index (χ4v) is 6.33. The number of carbonyl (C=O) groups is 3. The lowest BCUT2D eigenvalue weighted by Gasteiger charge is -2.35. The topological polar surface area (TPSA) is 124 Å². The molecule has 1 aromatic heterocycles. The molecule has 4 N–H and O–H groups in total. The molecule has 3 heterocycles. The highest BCUT2D eigenvalue weighted by Crippen LogP contribution is 2.28. The largest absolute Gasteiger partial charge is 0.391 e. The first-order valence-electron chi connectivity index (χ1n) is 14.3. The van der Waals surface area contributed by atoms with Gasteiger partial charge in [0.15, 0.2) is 0 Å². The zero-order chi connectivity index (χ0) is 28.9. The van der Waals surface area contributed by atoms with Crippen LogP contribution in [-0.4, -0.2) is 70.5 Å². The molecule has 0 bridgehead atoms. The van der Waals surface area contributed by atoms with Gasteiger partial charge in [-0.2, -0.15) is 0 Å². The minimum atomic E-state index is -0.795. The molecule has 4 rings (SSSR count). The van der Waals surface area contributed by atoms with E-state index >= 15 is 0 Å². The van der Waals surface area contributed by atoms with E-state index in [1.807, 2.05) is 57.5 Å². The van der Waals surface area contributed by atoms with E-state index in [0.29, 0.717) is 18.9 Å². The molecule has 0 radical (unpaired) electrons. The van der Waals surface area contributed by atoms with Crippen LogP contribution in [0, 0.1) is 18.3 Å². The summed E-state index contributed by atoms with van der Waals surface area (Å²) in [5, 5.41) is 19.7. The number of thiazole rings is 1. The summed E-state index contributed by atoms with van der Waals surface area (Å²) >= 11 is 1.59. The number of benzene rings is 1. The minimum Gasteiger partial charge on any atom is -0.391 e. The average Bonchev–Trinajstić information content (AvgIpc) is 3.54. The van der Waals surface area contributed by atoms with Crippen molar-refractivity contribution in [2.75, 3.05) is 19.6 Å². The molecule has 2 fully saturated rings. The number of amides is 3.